The van der Waals surface area contributed by atoms with Gasteiger partial charge in [0.15, 0.2) is 0 Å². The molecule has 2 saturated heterocycles. The van der Waals surface area contributed by atoms with Crippen molar-refractivity contribution < 1.29 is 14.0 Å². The smallest absolute Gasteiger partial charge is 0.237 e. The molecule has 176 valence electrons. The fraction of sp³-hybridized carbons (Fsp3) is 0.917. The number of carbonyl (C=O) groups is 2. The van der Waals surface area contributed by atoms with Gasteiger partial charge in [0.05, 0.1) is 6.04 Å². The molecule has 9 atom stereocenters. The van der Waals surface area contributed by atoms with Gasteiger partial charge in [0.2, 0.25) is 11.8 Å². The molecule has 6 nitrogen and oxygen atoms in total. The van der Waals surface area contributed by atoms with E-state index >= 15 is 0 Å². The average Bonchev–Trinajstić information content (AvgIpc) is 3.17. The van der Waals surface area contributed by atoms with Gasteiger partial charge in [-0.2, -0.15) is 0 Å². The molecule has 2 heterocycles. The number of hydrogen-bond acceptors (Lipinski definition) is 4. The summed E-state index contributed by atoms with van der Waals surface area (Å²) in [6.45, 7) is 9.91. The van der Waals surface area contributed by atoms with Gasteiger partial charge in [-0.25, -0.2) is 4.39 Å². The van der Waals surface area contributed by atoms with Gasteiger partial charge in [-0.05, 0) is 64.7 Å². The van der Waals surface area contributed by atoms with E-state index in [9.17, 15) is 14.0 Å². The highest BCUT2D eigenvalue weighted by atomic mass is 19.1. The molecule has 2 amide bonds. The number of nitrogens with zero attached hydrogens (tertiary/aromatic N) is 2. The Bertz CT molecular complexity index is 646. The van der Waals surface area contributed by atoms with Gasteiger partial charge in [-0.3, -0.25) is 14.5 Å². The van der Waals surface area contributed by atoms with Crippen LogP contribution in [0.3, 0.4) is 0 Å². The number of amides is 2. The molecule has 0 bridgehead atoms. The van der Waals surface area contributed by atoms with Crippen LogP contribution in [0.25, 0.3) is 0 Å². The van der Waals surface area contributed by atoms with E-state index in [1.54, 1.807) is 6.92 Å². The summed E-state index contributed by atoms with van der Waals surface area (Å²) in [5.41, 5.74) is 0. The Kier molecular flexibility index (Phi) is 6.92. The van der Waals surface area contributed by atoms with E-state index in [1.807, 2.05) is 4.90 Å². The molecular weight excluding hydrogens is 395 g/mol. The predicted molar refractivity (Wildman–Crippen MR) is 119 cm³/mol. The van der Waals surface area contributed by atoms with Gasteiger partial charge in [-0.15, -0.1) is 0 Å². The van der Waals surface area contributed by atoms with Gasteiger partial charge < -0.3 is 15.5 Å². The maximum absolute atomic E-state index is 14.4. The second kappa shape index (κ2) is 9.34. The first kappa shape index (κ1) is 23.0. The Labute approximate surface area is 186 Å². The lowest BCUT2D eigenvalue weighted by Gasteiger charge is -2.48. The normalized spacial score (nSPS) is 44.0. The van der Waals surface area contributed by atoms with Crippen LogP contribution in [0, 0.1) is 11.8 Å². The maximum atomic E-state index is 14.4. The zero-order chi connectivity index (χ0) is 22.3. The molecule has 2 aliphatic heterocycles. The van der Waals surface area contributed by atoms with Crippen molar-refractivity contribution in [1.82, 2.24) is 20.4 Å². The predicted octanol–water partition coefficient (Wildman–Crippen LogP) is 2.47. The first-order valence-electron chi connectivity index (χ1n) is 12.5. The second-order valence-corrected chi connectivity index (χ2v) is 10.8. The van der Waals surface area contributed by atoms with Crippen LogP contribution < -0.4 is 10.6 Å². The Morgan fingerprint density at radius 2 is 1.71 bits per heavy atom. The van der Waals surface area contributed by atoms with Crippen molar-refractivity contribution in [1.29, 1.82) is 0 Å². The van der Waals surface area contributed by atoms with E-state index in [0.717, 1.165) is 45.2 Å². The van der Waals surface area contributed by atoms with Crippen LogP contribution in [-0.2, 0) is 9.59 Å². The van der Waals surface area contributed by atoms with E-state index < -0.39 is 6.17 Å². The summed E-state index contributed by atoms with van der Waals surface area (Å²) < 4.78 is 14.4. The minimum Gasteiger partial charge on any atom is -0.352 e. The molecule has 4 fully saturated rings. The van der Waals surface area contributed by atoms with Gasteiger partial charge in [0, 0.05) is 56.1 Å². The molecule has 0 aromatic rings. The minimum absolute atomic E-state index is 0.0147. The summed E-state index contributed by atoms with van der Waals surface area (Å²) in [4.78, 5) is 29.5. The van der Waals surface area contributed by atoms with Crippen molar-refractivity contribution in [3.63, 3.8) is 0 Å². The highest BCUT2D eigenvalue weighted by molar-refractivity contribution is 5.82. The van der Waals surface area contributed by atoms with Crippen LogP contribution in [0.1, 0.15) is 72.6 Å². The van der Waals surface area contributed by atoms with Crippen LogP contribution in [0.4, 0.5) is 4.39 Å². The number of fused-ring (bicyclic) bond motifs is 1. The molecule has 0 aromatic carbocycles. The van der Waals surface area contributed by atoms with Gasteiger partial charge in [0.25, 0.3) is 0 Å². The van der Waals surface area contributed by atoms with E-state index in [-0.39, 0.29) is 47.9 Å². The van der Waals surface area contributed by atoms with Crippen LogP contribution in [-0.4, -0.2) is 77.1 Å². The van der Waals surface area contributed by atoms with E-state index in [2.05, 4.69) is 36.3 Å². The molecule has 4 aliphatic rings. The molecule has 0 spiro atoms. The Morgan fingerprint density at radius 3 is 2.35 bits per heavy atom. The quantitative estimate of drug-likeness (QED) is 0.713. The number of nitrogens with one attached hydrogen (secondary N) is 2. The molecule has 7 heteroatoms. The largest absolute Gasteiger partial charge is 0.352 e. The third kappa shape index (κ3) is 4.77. The molecule has 0 aromatic heterocycles. The lowest BCUT2D eigenvalue weighted by Crippen LogP contribution is -2.61. The monoisotopic (exact) mass is 436 g/mol. The summed E-state index contributed by atoms with van der Waals surface area (Å²) in [6, 6.07) is 0.960. The molecule has 2 N–H and O–H groups in total. The van der Waals surface area contributed by atoms with Crippen molar-refractivity contribution in [2.75, 3.05) is 13.1 Å². The lowest BCUT2D eigenvalue weighted by atomic mass is 9.77. The highest BCUT2D eigenvalue weighted by Gasteiger charge is 2.46. The number of rotatable bonds is 3. The van der Waals surface area contributed by atoms with Crippen LogP contribution in [0.5, 0.6) is 0 Å². The molecule has 0 radical (unpaired) electrons. The fourth-order valence-electron chi connectivity index (χ4n) is 7.01. The zero-order valence-electron chi connectivity index (χ0n) is 19.6. The van der Waals surface area contributed by atoms with Crippen molar-refractivity contribution >= 4 is 11.8 Å². The van der Waals surface area contributed by atoms with Gasteiger partial charge >= 0.3 is 0 Å². The molecular formula is C24H41FN4O2. The van der Waals surface area contributed by atoms with Gasteiger partial charge in [0.1, 0.15) is 6.17 Å². The SMILES string of the molecule is CC(=O)N1[C@@H](C)CN([C@H]2CCC[C@@H](NC(=O)C3CC4C(F)CCC(C)C4N3)C2)C[C@@H]1C. The van der Waals surface area contributed by atoms with Crippen molar-refractivity contribution in [2.45, 2.75) is 115 Å². The standard InChI is InChI=1S/C24H41FN4O2/c1-14-8-9-21(25)20-11-22(27-23(14)20)24(31)26-18-6-5-7-19(10-18)28-12-15(2)29(17(4)30)16(3)13-28/h14-16,18-23,27H,5-13H2,1-4H3,(H,26,31)/t14?,15-,16-,18+,19-,20?,21?,22?,23?/m0/s1. The third-order valence-electron chi connectivity index (χ3n) is 8.47. The summed E-state index contributed by atoms with van der Waals surface area (Å²) in [6.07, 6.45) is 5.63. The fourth-order valence-corrected chi connectivity index (χ4v) is 7.01. The molecule has 31 heavy (non-hydrogen) atoms. The lowest BCUT2D eigenvalue weighted by molar-refractivity contribution is -0.137. The first-order valence-corrected chi connectivity index (χ1v) is 12.5. The van der Waals surface area contributed by atoms with E-state index in [4.69, 9.17) is 0 Å². The summed E-state index contributed by atoms with van der Waals surface area (Å²) >= 11 is 0. The first-order chi connectivity index (χ1) is 14.7. The number of hydrogen-bond donors (Lipinski definition) is 2. The Balaban J connectivity index is 1.31. The second-order valence-electron chi connectivity index (χ2n) is 10.8. The Hall–Kier alpha value is -1.21. The van der Waals surface area contributed by atoms with Gasteiger partial charge in [-0.1, -0.05) is 6.92 Å². The summed E-state index contributed by atoms with van der Waals surface area (Å²) in [5.74, 6) is 0.635. The summed E-state index contributed by atoms with van der Waals surface area (Å²) in [5, 5.41) is 6.77. The van der Waals surface area contributed by atoms with E-state index in [0.29, 0.717) is 24.8 Å². The highest BCUT2D eigenvalue weighted by Crippen LogP contribution is 2.38. The molecule has 4 rings (SSSR count). The van der Waals surface area contributed by atoms with Crippen molar-refractivity contribution in [2.24, 2.45) is 11.8 Å². The third-order valence-corrected chi connectivity index (χ3v) is 8.47. The molecule has 2 aliphatic carbocycles. The zero-order valence-corrected chi connectivity index (χ0v) is 19.6. The minimum atomic E-state index is -0.775. The van der Waals surface area contributed by atoms with Crippen molar-refractivity contribution in [3.05, 3.63) is 0 Å². The van der Waals surface area contributed by atoms with Crippen LogP contribution >= 0.6 is 0 Å². The van der Waals surface area contributed by atoms with Crippen LogP contribution in [0.2, 0.25) is 0 Å². The number of alkyl halides is 1. The molecule has 2 saturated carbocycles. The number of halogens is 1. The summed E-state index contributed by atoms with van der Waals surface area (Å²) in [7, 11) is 0. The Morgan fingerprint density at radius 1 is 1.00 bits per heavy atom. The molecule has 5 unspecified atom stereocenters. The average molecular weight is 437 g/mol. The van der Waals surface area contributed by atoms with E-state index in [1.165, 1.54) is 0 Å². The van der Waals surface area contributed by atoms with Crippen LogP contribution in [0.15, 0.2) is 0 Å². The number of piperazine rings is 1. The van der Waals surface area contributed by atoms with Crippen molar-refractivity contribution in [3.8, 4) is 0 Å². The topological polar surface area (TPSA) is 64.7 Å². The number of carbonyl (C=O) groups excluding carboxylic acids is 2. The maximum Gasteiger partial charge on any atom is 0.237 e.